The summed E-state index contributed by atoms with van der Waals surface area (Å²) in [6, 6.07) is 4.64. The average molecular weight is 350 g/mol. The van der Waals surface area contributed by atoms with Gasteiger partial charge in [0.2, 0.25) is 0 Å². The summed E-state index contributed by atoms with van der Waals surface area (Å²) in [7, 11) is 2.93. The average Bonchev–Trinajstić information content (AvgIpc) is 2.63. The Labute approximate surface area is 146 Å². The van der Waals surface area contributed by atoms with Crippen LogP contribution in [0.25, 0.3) is 0 Å². The summed E-state index contributed by atoms with van der Waals surface area (Å²) in [5.74, 6) is -0.793. The molecule has 0 saturated carbocycles. The van der Waals surface area contributed by atoms with Gasteiger partial charge in [-0.25, -0.2) is 0 Å². The van der Waals surface area contributed by atoms with Crippen LogP contribution in [0.4, 0.5) is 0 Å². The van der Waals surface area contributed by atoms with Crippen LogP contribution in [0.2, 0.25) is 0 Å². The number of methoxy groups -OCH3 is 2. The van der Waals surface area contributed by atoms with E-state index >= 15 is 0 Å². The molecule has 2 amide bonds. The van der Waals surface area contributed by atoms with E-state index < -0.39 is 23.9 Å². The van der Waals surface area contributed by atoms with E-state index in [1.807, 2.05) is 0 Å². The van der Waals surface area contributed by atoms with E-state index in [1.54, 1.807) is 6.07 Å². The fraction of sp³-hybridized carbons (Fsp3) is 0.353. The van der Waals surface area contributed by atoms with E-state index in [9.17, 15) is 14.4 Å². The molecule has 0 radical (unpaired) electrons. The summed E-state index contributed by atoms with van der Waals surface area (Å²) >= 11 is 0. The van der Waals surface area contributed by atoms with Crippen LogP contribution in [0.1, 0.15) is 17.3 Å². The van der Waals surface area contributed by atoms with Crippen LogP contribution in [-0.4, -0.2) is 51.2 Å². The number of rotatable bonds is 9. The molecule has 136 valence electrons. The Morgan fingerprint density at radius 3 is 2.24 bits per heavy atom. The molecule has 1 atom stereocenters. The maximum absolute atomic E-state index is 12.1. The van der Waals surface area contributed by atoms with Crippen LogP contribution in [0, 0.1) is 0 Å². The predicted octanol–water partition coefficient (Wildman–Crippen LogP) is 0.668. The molecule has 8 nitrogen and oxygen atoms in total. The fourth-order valence-electron chi connectivity index (χ4n) is 1.80. The molecule has 0 aliphatic carbocycles. The number of ether oxygens (including phenoxy) is 3. The van der Waals surface area contributed by atoms with Gasteiger partial charge >= 0.3 is 5.97 Å². The first-order valence-corrected chi connectivity index (χ1v) is 7.50. The molecular formula is C17H22N2O6. The number of carbonyl (C=O) groups excluding carboxylic acids is 3. The van der Waals surface area contributed by atoms with Gasteiger partial charge in [0.15, 0.2) is 6.10 Å². The molecule has 0 aliphatic rings. The summed E-state index contributed by atoms with van der Waals surface area (Å²) in [4.78, 5) is 35.4. The van der Waals surface area contributed by atoms with E-state index in [0.717, 1.165) is 0 Å². The summed E-state index contributed by atoms with van der Waals surface area (Å²) < 4.78 is 15.1. The summed E-state index contributed by atoms with van der Waals surface area (Å²) in [6.45, 7) is 4.80. The van der Waals surface area contributed by atoms with Gasteiger partial charge < -0.3 is 24.8 Å². The van der Waals surface area contributed by atoms with Crippen LogP contribution < -0.4 is 20.1 Å². The number of amides is 2. The molecule has 2 N–H and O–H groups in total. The minimum Gasteiger partial charge on any atom is -0.497 e. The molecule has 1 aromatic carbocycles. The van der Waals surface area contributed by atoms with Crippen molar-refractivity contribution in [1.82, 2.24) is 10.6 Å². The Hall–Kier alpha value is -3.03. The monoisotopic (exact) mass is 350 g/mol. The third-order valence-electron chi connectivity index (χ3n) is 3.10. The lowest BCUT2D eigenvalue weighted by atomic mass is 10.2. The van der Waals surface area contributed by atoms with Crippen molar-refractivity contribution < 1.29 is 28.6 Å². The zero-order valence-corrected chi connectivity index (χ0v) is 14.5. The van der Waals surface area contributed by atoms with Crippen molar-refractivity contribution in [3.8, 4) is 11.5 Å². The molecule has 8 heteroatoms. The molecular weight excluding hydrogens is 328 g/mol. The number of nitrogens with one attached hydrogen (secondary N) is 2. The molecule has 0 saturated heterocycles. The van der Waals surface area contributed by atoms with E-state index in [-0.39, 0.29) is 18.7 Å². The van der Waals surface area contributed by atoms with E-state index in [0.29, 0.717) is 11.5 Å². The molecule has 1 rings (SSSR count). The topological polar surface area (TPSA) is 103 Å². The fourth-order valence-corrected chi connectivity index (χ4v) is 1.80. The van der Waals surface area contributed by atoms with Gasteiger partial charge in [0, 0.05) is 18.2 Å². The van der Waals surface area contributed by atoms with Gasteiger partial charge in [0.1, 0.15) is 18.0 Å². The molecule has 0 aliphatic heterocycles. The summed E-state index contributed by atoms with van der Waals surface area (Å²) in [5, 5.41) is 4.92. The Balaban J connectivity index is 2.57. The zero-order chi connectivity index (χ0) is 18.8. The minimum absolute atomic E-state index is 0.265. The smallest absolute Gasteiger partial charge is 0.326 e. The number of esters is 1. The highest BCUT2D eigenvalue weighted by atomic mass is 16.5. The molecule has 0 heterocycles. The van der Waals surface area contributed by atoms with Gasteiger partial charge in [-0.3, -0.25) is 14.4 Å². The second-order valence-corrected chi connectivity index (χ2v) is 4.95. The highest BCUT2D eigenvalue weighted by molar-refractivity contribution is 5.96. The maximum Gasteiger partial charge on any atom is 0.326 e. The largest absolute Gasteiger partial charge is 0.497 e. The van der Waals surface area contributed by atoms with Crippen molar-refractivity contribution in [3.63, 3.8) is 0 Å². The highest BCUT2D eigenvalue weighted by Gasteiger charge is 2.18. The Kier molecular flexibility index (Phi) is 7.98. The van der Waals surface area contributed by atoms with Gasteiger partial charge in [-0.2, -0.15) is 0 Å². The van der Waals surface area contributed by atoms with Crippen molar-refractivity contribution >= 4 is 17.8 Å². The quantitative estimate of drug-likeness (QED) is 0.501. The number of hydrogen-bond acceptors (Lipinski definition) is 6. The lowest BCUT2D eigenvalue weighted by Gasteiger charge is -2.13. The first-order valence-electron chi connectivity index (χ1n) is 7.50. The number of hydrogen-bond donors (Lipinski definition) is 2. The molecule has 0 aromatic heterocycles. The van der Waals surface area contributed by atoms with Gasteiger partial charge in [-0.15, -0.1) is 6.58 Å². The van der Waals surface area contributed by atoms with Crippen molar-refractivity contribution in [1.29, 1.82) is 0 Å². The lowest BCUT2D eigenvalue weighted by molar-refractivity contribution is -0.153. The Morgan fingerprint density at radius 1 is 1.12 bits per heavy atom. The zero-order valence-electron chi connectivity index (χ0n) is 14.5. The molecule has 0 fully saturated rings. The summed E-state index contributed by atoms with van der Waals surface area (Å²) in [6.07, 6.45) is 0.538. The van der Waals surface area contributed by atoms with E-state index in [2.05, 4.69) is 17.2 Å². The van der Waals surface area contributed by atoms with Crippen LogP contribution in [0.5, 0.6) is 11.5 Å². The predicted molar refractivity (Wildman–Crippen MR) is 90.6 cm³/mol. The van der Waals surface area contributed by atoms with Gasteiger partial charge in [-0.05, 0) is 19.1 Å². The molecule has 0 bridgehead atoms. The molecule has 25 heavy (non-hydrogen) atoms. The SMILES string of the molecule is C=CCNC(=O)[C@H](C)OC(=O)CNC(=O)c1cc(OC)cc(OC)c1. The maximum atomic E-state index is 12.1. The molecule has 0 spiro atoms. The van der Waals surface area contributed by atoms with Crippen molar-refractivity contribution in [3.05, 3.63) is 36.4 Å². The Bertz CT molecular complexity index is 622. The third-order valence-corrected chi connectivity index (χ3v) is 3.10. The third kappa shape index (κ3) is 6.54. The van der Waals surface area contributed by atoms with Crippen LogP contribution in [-0.2, 0) is 14.3 Å². The molecule has 0 unspecified atom stereocenters. The minimum atomic E-state index is -0.971. The second-order valence-electron chi connectivity index (χ2n) is 4.95. The first-order chi connectivity index (χ1) is 11.9. The van der Waals surface area contributed by atoms with Gasteiger partial charge in [-0.1, -0.05) is 6.08 Å². The molecule has 1 aromatic rings. The number of carbonyl (C=O) groups is 3. The second kappa shape index (κ2) is 9.96. The van der Waals surface area contributed by atoms with Crippen LogP contribution in [0.15, 0.2) is 30.9 Å². The first kappa shape index (κ1) is 20.0. The van der Waals surface area contributed by atoms with E-state index in [4.69, 9.17) is 14.2 Å². The van der Waals surface area contributed by atoms with E-state index in [1.165, 1.54) is 39.4 Å². The normalized spacial score (nSPS) is 11.0. The number of benzene rings is 1. The standard InChI is InChI=1S/C17H22N2O6/c1-5-6-18-16(21)11(2)25-15(20)10-19-17(22)12-7-13(23-3)9-14(8-12)24-4/h5,7-9,11H,1,6,10H2,2-4H3,(H,18,21)(H,19,22)/t11-/m0/s1. The van der Waals surface area contributed by atoms with Crippen LogP contribution in [0.3, 0.4) is 0 Å². The summed E-state index contributed by atoms with van der Waals surface area (Å²) in [5.41, 5.74) is 0.265. The van der Waals surface area contributed by atoms with Gasteiger partial charge in [0.25, 0.3) is 11.8 Å². The van der Waals surface area contributed by atoms with Crippen molar-refractivity contribution in [2.75, 3.05) is 27.3 Å². The van der Waals surface area contributed by atoms with Crippen molar-refractivity contribution in [2.24, 2.45) is 0 Å². The van der Waals surface area contributed by atoms with Crippen molar-refractivity contribution in [2.45, 2.75) is 13.0 Å². The highest BCUT2D eigenvalue weighted by Crippen LogP contribution is 2.22. The van der Waals surface area contributed by atoms with Crippen LogP contribution >= 0.6 is 0 Å². The Morgan fingerprint density at radius 2 is 1.72 bits per heavy atom. The van der Waals surface area contributed by atoms with Gasteiger partial charge in [0.05, 0.1) is 14.2 Å². The lowest BCUT2D eigenvalue weighted by Crippen LogP contribution is -2.38.